The molecule has 0 bridgehead atoms. The van der Waals surface area contributed by atoms with Crippen molar-refractivity contribution in [2.24, 2.45) is 0 Å². The van der Waals surface area contributed by atoms with Crippen LogP contribution >= 0.6 is 0 Å². The zero-order chi connectivity index (χ0) is 20.3. The fourth-order valence-electron chi connectivity index (χ4n) is 4.44. The fraction of sp³-hybridized carbons (Fsp3) is 0.636. The van der Waals surface area contributed by atoms with Gasteiger partial charge in [-0.2, -0.15) is 0 Å². The van der Waals surface area contributed by atoms with E-state index in [4.69, 9.17) is 5.11 Å². The number of likely N-dealkylation sites (tertiary alicyclic amines) is 1. The Morgan fingerprint density at radius 2 is 2.04 bits per heavy atom. The van der Waals surface area contributed by atoms with E-state index in [-0.39, 0.29) is 24.7 Å². The number of carboxylic acids is 1. The molecule has 0 aromatic heterocycles. The van der Waals surface area contributed by atoms with Crippen LogP contribution in [0.1, 0.15) is 68.2 Å². The number of aliphatic carboxylic acids is 1. The number of aryl methyl sites for hydroxylation is 1. The number of carbonyl (C=O) groups is 2. The van der Waals surface area contributed by atoms with Gasteiger partial charge in [0.2, 0.25) is 0 Å². The normalized spacial score (nSPS) is 22.2. The van der Waals surface area contributed by atoms with Crippen molar-refractivity contribution in [2.45, 2.75) is 64.0 Å². The number of hydrogen-bond acceptors (Lipinski definition) is 3. The van der Waals surface area contributed by atoms with E-state index >= 15 is 0 Å². The number of amides is 2. The Bertz CT molecular complexity index is 719. The molecular weight excluding hydrogens is 354 g/mol. The van der Waals surface area contributed by atoms with Crippen LogP contribution in [0.2, 0.25) is 0 Å². The summed E-state index contributed by atoms with van der Waals surface area (Å²) in [5.41, 5.74) is 3.94. The molecule has 0 radical (unpaired) electrons. The summed E-state index contributed by atoms with van der Waals surface area (Å²) in [5, 5.41) is 12.3. The van der Waals surface area contributed by atoms with E-state index in [1.807, 2.05) is 16.8 Å². The summed E-state index contributed by atoms with van der Waals surface area (Å²) in [6, 6.07) is 7.00. The first kappa shape index (κ1) is 20.6. The number of hydrogen-bond donors (Lipinski definition) is 2. The number of carboxylic acid groups (broad SMARTS) is 1. The van der Waals surface area contributed by atoms with Crippen molar-refractivity contribution in [2.75, 3.05) is 26.7 Å². The van der Waals surface area contributed by atoms with Crippen LogP contribution in [-0.2, 0) is 11.2 Å². The molecule has 3 rings (SSSR count). The molecule has 0 spiro atoms. The lowest BCUT2D eigenvalue weighted by Crippen LogP contribution is -2.42. The minimum absolute atomic E-state index is 0.00865. The van der Waals surface area contributed by atoms with Crippen LogP contribution in [-0.4, -0.2) is 59.6 Å². The molecule has 1 aromatic rings. The van der Waals surface area contributed by atoms with Gasteiger partial charge in [0.1, 0.15) is 0 Å². The molecule has 1 saturated heterocycles. The van der Waals surface area contributed by atoms with E-state index in [0.29, 0.717) is 12.5 Å². The first-order chi connectivity index (χ1) is 13.3. The van der Waals surface area contributed by atoms with Crippen LogP contribution in [0, 0.1) is 0 Å². The van der Waals surface area contributed by atoms with E-state index in [2.05, 4.69) is 37.4 Å². The Hall–Kier alpha value is -2.08. The van der Waals surface area contributed by atoms with Gasteiger partial charge in [0, 0.05) is 19.1 Å². The Morgan fingerprint density at radius 3 is 2.75 bits per heavy atom. The second-order valence-electron chi connectivity index (χ2n) is 8.53. The number of urea groups is 1. The molecule has 2 N–H and O–H groups in total. The topological polar surface area (TPSA) is 72.9 Å². The molecule has 2 atom stereocenters. The summed E-state index contributed by atoms with van der Waals surface area (Å²) in [6.07, 6.45) is 4.62. The maximum Gasteiger partial charge on any atom is 0.317 e. The van der Waals surface area contributed by atoms with Crippen molar-refractivity contribution in [3.63, 3.8) is 0 Å². The predicted molar refractivity (Wildman–Crippen MR) is 110 cm³/mol. The van der Waals surface area contributed by atoms with Crippen LogP contribution in [0.5, 0.6) is 0 Å². The van der Waals surface area contributed by atoms with Crippen molar-refractivity contribution < 1.29 is 14.7 Å². The molecule has 1 heterocycles. The molecule has 6 nitrogen and oxygen atoms in total. The number of carbonyl (C=O) groups excluding carboxylic acids is 1. The van der Waals surface area contributed by atoms with Crippen molar-refractivity contribution in [3.05, 3.63) is 34.9 Å². The lowest BCUT2D eigenvalue weighted by molar-refractivity contribution is -0.138. The SMILES string of the molecule is CC(C)c1ccc2c(c1)C(NC(=O)N1CCCC(N(C)CC(=O)O)CC1)CC2. The van der Waals surface area contributed by atoms with Gasteiger partial charge in [-0.25, -0.2) is 4.79 Å². The number of benzene rings is 1. The maximum absolute atomic E-state index is 12.9. The molecule has 154 valence electrons. The molecule has 2 unspecified atom stereocenters. The average molecular weight is 388 g/mol. The Morgan fingerprint density at radius 1 is 1.25 bits per heavy atom. The highest BCUT2D eigenvalue weighted by Crippen LogP contribution is 2.33. The summed E-state index contributed by atoms with van der Waals surface area (Å²) < 4.78 is 0. The number of fused-ring (bicyclic) bond motifs is 1. The Kier molecular flexibility index (Phi) is 6.60. The van der Waals surface area contributed by atoms with Crippen molar-refractivity contribution in [1.82, 2.24) is 15.1 Å². The molecule has 1 aromatic carbocycles. The first-order valence-corrected chi connectivity index (χ1v) is 10.5. The number of rotatable bonds is 5. The highest BCUT2D eigenvalue weighted by atomic mass is 16.4. The zero-order valence-corrected chi connectivity index (χ0v) is 17.3. The number of likely N-dealkylation sites (N-methyl/N-ethyl adjacent to an activating group) is 1. The predicted octanol–water partition coefficient (Wildman–Crippen LogP) is 3.38. The Balaban J connectivity index is 1.59. The summed E-state index contributed by atoms with van der Waals surface area (Å²) in [5.74, 6) is -0.324. The maximum atomic E-state index is 12.9. The van der Waals surface area contributed by atoms with Gasteiger partial charge in [0.25, 0.3) is 0 Å². The van der Waals surface area contributed by atoms with Gasteiger partial charge in [0.05, 0.1) is 12.6 Å². The van der Waals surface area contributed by atoms with E-state index in [0.717, 1.165) is 38.6 Å². The monoisotopic (exact) mass is 387 g/mol. The molecule has 28 heavy (non-hydrogen) atoms. The van der Waals surface area contributed by atoms with Crippen LogP contribution < -0.4 is 5.32 Å². The third-order valence-electron chi connectivity index (χ3n) is 6.20. The van der Waals surface area contributed by atoms with E-state index in [1.165, 1.54) is 16.7 Å². The molecular formula is C22H33N3O3. The van der Waals surface area contributed by atoms with E-state index in [1.54, 1.807) is 0 Å². The second kappa shape index (κ2) is 8.95. The standard InChI is InChI=1S/C22H33N3O3/c1-15(2)17-7-6-16-8-9-20(19(16)13-17)23-22(28)25-11-4-5-18(10-12-25)24(3)14-21(26)27/h6-7,13,15,18,20H,4-5,8-12,14H2,1-3H3,(H,23,28)(H,26,27). The molecule has 1 aliphatic heterocycles. The average Bonchev–Trinajstić information content (AvgIpc) is 2.87. The molecule has 2 aliphatic rings. The first-order valence-electron chi connectivity index (χ1n) is 10.5. The molecule has 2 amide bonds. The quantitative estimate of drug-likeness (QED) is 0.812. The van der Waals surface area contributed by atoms with Gasteiger partial charge in [0.15, 0.2) is 0 Å². The summed E-state index contributed by atoms with van der Waals surface area (Å²) in [4.78, 5) is 27.6. The van der Waals surface area contributed by atoms with Gasteiger partial charge in [-0.3, -0.25) is 9.69 Å². The number of nitrogens with one attached hydrogen (secondary N) is 1. The third kappa shape index (κ3) is 4.85. The zero-order valence-electron chi connectivity index (χ0n) is 17.3. The van der Waals surface area contributed by atoms with Gasteiger partial charge < -0.3 is 15.3 Å². The van der Waals surface area contributed by atoms with Crippen LogP contribution in [0.25, 0.3) is 0 Å². The summed E-state index contributed by atoms with van der Waals surface area (Å²) >= 11 is 0. The van der Waals surface area contributed by atoms with Crippen LogP contribution in [0.4, 0.5) is 4.79 Å². The van der Waals surface area contributed by atoms with E-state index in [9.17, 15) is 9.59 Å². The summed E-state index contributed by atoms with van der Waals surface area (Å²) in [7, 11) is 1.86. The minimum Gasteiger partial charge on any atom is -0.480 e. The minimum atomic E-state index is -0.804. The van der Waals surface area contributed by atoms with Crippen molar-refractivity contribution >= 4 is 12.0 Å². The van der Waals surface area contributed by atoms with Crippen molar-refractivity contribution in [1.29, 1.82) is 0 Å². The lowest BCUT2D eigenvalue weighted by Gasteiger charge is -2.26. The molecule has 1 fully saturated rings. The summed E-state index contributed by atoms with van der Waals surface area (Å²) in [6.45, 7) is 5.84. The highest BCUT2D eigenvalue weighted by Gasteiger charge is 2.28. The van der Waals surface area contributed by atoms with Crippen LogP contribution in [0.3, 0.4) is 0 Å². The second-order valence-corrected chi connectivity index (χ2v) is 8.53. The smallest absolute Gasteiger partial charge is 0.317 e. The van der Waals surface area contributed by atoms with E-state index < -0.39 is 5.97 Å². The molecule has 6 heteroatoms. The number of nitrogens with zero attached hydrogens (tertiary/aromatic N) is 2. The van der Waals surface area contributed by atoms with Crippen molar-refractivity contribution in [3.8, 4) is 0 Å². The van der Waals surface area contributed by atoms with Gasteiger partial charge >= 0.3 is 12.0 Å². The highest BCUT2D eigenvalue weighted by molar-refractivity contribution is 5.75. The Labute approximate surface area is 167 Å². The van der Waals surface area contributed by atoms with Gasteiger partial charge in [-0.1, -0.05) is 32.0 Å². The largest absolute Gasteiger partial charge is 0.480 e. The molecule has 1 aliphatic carbocycles. The fourth-order valence-corrected chi connectivity index (χ4v) is 4.44. The lowest BCUT2D eigenvalue weighted by atomic mass is 9.97. The van der Waals surface area contributed by atoms with Gasteiger partial charge in [-0.05, 0) is 61.8 Å². The molecule has 0 saturated carbocycles. The third-order valence-corrected chi connectivity index (χ3v) is 6.20. The van der Waals surface area contributed by atoms with Gasteiger partial charge in [-0.15, -0.1) is 0 Å². The van der Waals surface area contributed by atoms with Crippen LogP contribution in [0.15, 0.2) is 18.2 Å².